The van der Waals surface area contributed by atoms with E-state index in [1.165, 1.54) is 6.08 Å². The third kappa shape index (κ3) is 3.13. The first-order chi connectivity index (χ1) is 12.6. The number of hydrogen-bond acceptors (Lipinski definition) is 3. The molecule has 0 radical (unpaired) electrons. The first-order valence-corrected chi connectivity index (χ1v) is 8.11. The zero-order valence-corrected chi connectivity index (χ0v) is 14.0. The monoisotopic (exact) mass is 343 g/mol. The van der Waals surface area contributed by atoms with Crippen LogP contribution in [0.3, 0.4) is 0 Å². The van der Waals surface area contributed by atoms with Gasteiger partial charge in [0.25, 0.3) is 5.91 Å². The first-order valence-electron chi connectivity index (χ1n) is 8.11. The van der Waals surface area contributed by atoms with E-state index in [2.05, 4.69) is 11.4 Å². The molecule has 0 spiro atoms. The summed E-state index contributed by atoms with van der Waals surface area (Å²) in [7, 11) is 0. The second-order valence-corrected chi connectivity index (χ2v) is 6.02. The van der Waals surface area contributed by atoms with E-state index >= 15 is 0 Å². The van der Waals surface area contributed by atoms with Crippen molar-refractivity contribution in [3.8, 4) is 6.07 Å². The third-order valence-electron chi connectivity index (χ3n) is 4.43. The van der Waals surface area contributed by atoms with Gasteiger partial charge >= 0.3 is 0 Å². The van der Waals surface area contributed by atoms with E-state index in [9.17, 15) is 14.9 Å². The topological polar surface area (TPSA) is 96.0 Å². The average molecular weight is 343 g/mol. The van der Waals surface area contributed by atoms with Gasteiger partial charge in [-0.1, -0.05) is 54.6 Å². The lowest BCUT2D eigenvalue weighted by atomic mass is 9.74. The third-order valence-corrected chi connectivity index (χ3v) is 4.43. The van der Waals surface area contributed by atoms with Crippen LogP contribution < -0.4 is 11.1 Å². The van der Waals surface area contributed by atoms with Gasteiger partial charge in [0, 0.05) is 17.6 Å². The van der Waals surface area contributed by atoms with E-state index in [4.69, 9.17) is 5.73 Å². The summed E-state index contributed by atoms with van der Waals surface area (Å²) in [5, 5.41) is 12.7. The Morgan fingerprint density at radius 3 is 2.19 bits per heavy atom. The van der Waals surface area contributed by atoms with Crippen molar-refractivity contribution in [1.82, 2.24) is 5.32 Å². The fourth-order valence-corrected chi connectivity index (χ4v) is 3.09. The molecule has 5 heteroatoms. The van der Waals surface area contributed by atoms with Gasteiger partial charge in [-0.15, -0.1) is 0 Å². The number of nitriles is 1. The highest BCUT2D eigenvalue weighted by molar-refractivity contribution is 5.96. The summed E-state index contributed by atoms with van der Waals surface area (Å²) in [6.45, 7) is 0. The normalized spacial score (nSPS) is 18.9. The van der Waals surface area contributed by atoms with Crippen molar-refractivity contribution < 1.29 is 9.59 Å². The largest absolute Gasteiger partial charge is 0.366 e. The van der Waals surface area contributed by atoms with E-state index in [1.807, 2.05) is 36.4 Å². The Balaban J connectivity index is 2.11. The standard InChI is InChI=1S/C21H17N3O2/c22-14-18-12-11-16(19(23)25)13-21(18,17-9-5-2-6-10-17)24-20(26)15-7-3-1-4-8-15/h1-12H,13H2,(H2,23,25)(H,24,26). The minimum absolute atomic E-state index is 0.115. The number of rotatable bonds is 4. The van der Waals surface area contributed by atoms with E-state index in [-0.39, 0.29) is 12.3 Å². The van der Waals surface area contributed by atoms with Crippen molar-refractivity contribution in [2.24, 2.45) is 5.73 Å². The molecular weight excluding hydrogens is 326 g/mol. The van der Waals surface area contributed by atoms with E-state index in [1.54, 1.807) is 30.3 Å². The molecule has 3 rings (SSSR count). The SMILES string of the molecule is N#CC1=CC=C(C(N)=O)CC1(NC(=O)c1ccccc1)c1ccccc1. The molecule has 1 unspecified atom stereocenters. The van der Waals surface area contributed by atoms with Gasteiger partial charge in [-0.25, -0.2) is 0 Å². The Hall–Kier alpha value is -3.65. The summed E-state index contributed by atoms with van der Waals surface area (Å²) in [4.78, 5) is 24.6. The van der Waals surface area contributed by atoms with Gasteiger partial charge in [-0.2, -0.15) is 5.26 Å². The van der Waals surface area contributed by atoms with Crippen LogP contribution in [-0.4, -0.2) is 11.8 Å². The Morgan fingerprint density at radius 2 is 1.62 bits per heavy atom. The van der Waals surface area contributed by atoms with Gasteiger partial charge in [0.05, 0.1) is 11.6 Å². The summed E-state index contributed by atoms with van der Waals surface area (Å²) in [5.74, 6) is -0.908. The molecule has 0 aromatic heterocycles. The molecule has 0 fully saturated rings. The molecule has 1 aliphatic rings. The molecular formula is C21H17N3O2. The summed E-state index contributed by atoms with van der Waals surface area (Å²) in [5.41, 5.74) is 6.19. The summed E-state index contributed by atoms with van der Waals surface area (Å²) in [6, 6.07) is 20.0. The maximum Gasteiger partial charge on any atom is 0.252 e. The lowest BCUT2D eigenvalue weighted by Gasteiger charge is -2.37. The van der Waals surface area contributed by atoms with Gasteiger partial charge in [0.2, 0.25) is 5.91 Å². The molecule has 26 heavy (non-hydrogen) atoms. The van der Waals surface area contributed by atoms with Gasteiger partial charge in [-0.05, 0) is 23.8 Å². The highest BCUT2D eigenvalue weighted by Crippen LogP contribution is 2.38. The van der Waals surface area contributed by atoms with E-state index in [0.717, 1.165) is 0 Å². The Bertz CT molecular complexity index is 940. The minimum atomic E-state index is -1.15. The molecule has 2 aromatic rings. The van der Waals surface area contributed by atoms with Crippen molar-refractivity contribution in [1.29, 1.82) is 5.26 Å². The van der Waals surface area contributed by atoms with Crippen molar-refractivity contribution in [3.05, 3.63) is 95.1 Å². The molecule has 128 valence electrons. The van der Waals surface area contributed by atoms with Gasteiger partial charge in [-0.3, -0.25) is 9.59 Å². The Labute approximate surface area is 151 Å². The van der Waals surface area contributed by atoms with Crippen molar-refractivity contribution in [3.63, 3.8) is 0 Å². The predicted octanol–water partition coefficient (Wildman–Crippen LogP) is 2.58. The van der Waals surface area contributed by atoms with Gasteiger partial charge in [0.15, 0.2) is 0 Å². The number of benzene rings is 2. The summed E-state index contributed by atoms with van der Waals surface area (Å²) < 4.78 is 0. The Morgan fingerprint density at radius 1 is 1.00 bits per heavy atom. The molecule has 1 aliphatic carbocycles. The van der Waals surface area contributed by atoms with Crippen LogP contribution in [0.5, 0.6) is 0 Å². The fourth-order valence-electron chi connectivity index (χ4n) is 3.09. The highest BCUT2D eigenvalue weighted by atomic mass is 16.2. The van der Waals surface area contributed by atoms with Crippen LogP contribution in [0.2, 0.25) is 0 Å². The Kier molecular flexibility index (Phi) is 4.68. The van der Waals surface area contributed by atoms with Crippen LogP contribution in [0.1, 0.15) is 22.3 Å². The van der Waals surface area contributed by atoms with Crippen LogP contribution in [-0.2, 0) is 10.3 Å². The van der Waals surface area contributed by atoms with E-state index in [0.29, 0.717) is 22.3 Å². The maximum absolute atomic E-state index is 12.8. The van der Waals surface area contributed by atoms with Crippen LogP contribution in [0.4, 0.5) is 0 Å². The minimum Gasteiger partial charge on any atom is -0.366 e. The predicted molar refractivity (Wildman–Crippen MR) is 97.6 cm³/mol. The highest BCUT2D eigenvalue weighted by Gasteiger charge is 2.41. The molecule has 5 nitrogen and oxygen atoms in total. The number of nitrogens with one attached hydrogen (secondary N) is 1. The molecule has 3 N–H and O–H groups in total. The number of primary amides is 1. The van der Waals surface area contributed by atoms with Crippen molar-refractivity contribution >= 4 is 11.8 Å². The van der Waals surface area contributed by atoms with Crippen molar-refractivity contribution in [2.75, 3.05) is 0 Å². The second kappa shape index (κ2) is 7.08. The first kappa shape index (κ1) is 17.2. The van der Waals surface area contributed by atoms with Crippen molar-refractivity contribution in [2.45, 2.75) is 12.0 Å². The summed E-state index contributed by atoms with van der Waals surface area (Å²) in [6.07, 6.45) is 3.20. The number of allylic oxidation sites excluding steroid dienone is 2. The van der Waals surface area contributed by atoms with Gasteiger partial charge in [0.1, 0.15) is 5.54 Å². The van der Waals surface area contributed by atoms with E-state index < -0.39 is 11.4 Å². The lowest BCUT2D eigenvalue weighted by Crippen LogP contribution is -2.49. The van der Waals surface area contributed by atoms with Crippen LogP contribution >= 0.6 is 0 Å². The smallest absolute Gasteiger partial charge is 0.252 e. The molecule has 0 heterocycles. The number of carbonyl (C=O) groups excluding carboxylic acids is 2. The fraction of sp³-hybridized carbons (Fsp3) is 0.0952. The molecule has 0 saturated carbocycles. The molecule has 0 saturated heterocycles. The quantitative estimate of drug-likeness (QED) is 0.893. The van der Waals surface area contributed by atoms with Crippen LogP contribution in [0.15, 0.2) is 84.0 Å². The number of carbonyl (C=O) groups is 2. The average Bonchev–Trinajstić information content (AvgIpc) is 2.69. The zero-order chi connectivity index (χ0) is 18.6. The van der Waals surface area contributed by atoms with Crippen LogP contribution in [0, 0.1) is 11.3 Å². The molecule has 2 amide bonds. The van der Waals surface area contributed by atoms with Gasteiger partial charge < -0.3 is 11.1 Å². The molecule has 1 atom stereocenters. The summed E-state index contributed by atoms with van der Waals surface area (Å²) >= 11 is 0. The number of amides is 2. The molecule has 0 aliphatic heterocycles. The number of hydrogen-bond donors (Lipinski definition) is 2. The lowest BCUT2D eigenvalue weighted by molar-refractivity contribution is -0.114. The zero-order valence-electron chi connectivity index (χ0n) is 14.0. The molecule has 2 aromatic carbocycles. The maximum atomic E-state index is 12.8. The van der Waals surface area contributed by atoms with Crippen LogP contribution in [0.25, 0.3) is 0 Å². The number of nitrogens with two attached hydrogens (primary N) is 1. The molecule has 0 bridgehead atoms. The number of nitrogens with zero attached hydrogens (tertiary/aromatic N) is 1. The second-order valence-electron chi connectivity index (χ2n) is 6.02.